The minimum absolute atomic E-state index is 0.0372. The Bertz CT molecular complexity index is 310. The van der Waals surface area contributed by atoms with Crippen LogP contribution in [0.5, 0.6) is 0 Å². The van der Waals surface area contributed by atoms with Crippen molar-refractivity contribution in [3.63, 3.8) is 0 Å². The van der Waals surface area contributed by atoms with Gasteiger partial charge in [-0.2, -0.15) is 0 Å². The highest BCUT2D eigenvalue weighted by molar-refractivity contribution is 5.20. The number of nitrogens with one attached hydrogen (secondary N) is 2. The molecule has 0 bridgehead atoms. The molecule has 1 aromatic carbocycles. The summed E-state index contributed by atoms with van der Waals surface area (Å²) in [6.07, 6.45) is 0.226. The Balaban J connectivity index is 2.09. The first-order valence-electron chi connectivity index (χ1n) is 5.51. The average molecular weight is 205 g/mol. The van der Waals surface area contributed by atoms with Gasteiger partial charge in [-0.15, -0.1) is 0 Å². The van der Waals surface area contributed by atoms with E-state index in [2.05, 4.69) is 36.6 Å². The summed E-state index contributed by atoms with van der Waals surface area (Å²) in [6, 6.07) is 10.7. The van der Waals surface area contributed by atoms with Crippen molar-refractivity contribution in [3.05, 3.63) is 35.9 Å². The monoisotopic (exact) mass is 205 g/mol. The second-order valence-electron chi connectivity index (χ2n) is 4.47. The first kappa shape index (κ1) is 10.6. The molecule has 1 fully saturated rings. The van der Waals surface area contributed by atoms with Crippen LogP contribution in [-0.4, -0.2) is 12.2 Å². The number of hydrogen-bond donors (Lipinski definition) is 3. The number of rotatable bonds is 2. The maximum absolute atomic E-state index is 6.03. The van der Waals surface area contributed by atoms with Gasteiger partial charge in [-0.3, -0.25) is 10.6 Å². The quantitative estimate of drug-likeness (QED) is 0.679. The molecule has 0 amide bonds. The van der Waals surface area contributed by atoms with E-state index < -0.39 is 0 Å². The van der Waals surface area contributed by atoms with E-state index in [-0.39, 0.29) is 12.3 Å². The van der Waals surface area contributed by atoms with Gasteiger partial charge < -0.3 is 5.73 Å². The van der Waals surface area contributed by atoms with E-state index in [4.69, 9.17) is 5.73 Å². The standard InChI is InChI=1S/C12H19N3/c1-8(2)10-11(13)15-12(14-10)9-6-4-3-5-7-9/h3-8,10-12,14-15H,13H2,1-2H3/t10?,11-,12+/m1/s1. The van der Waals surface area contributed by atoms with Gasteiger partial charge in [0.15, 0.2) is 0 Å². The van der Waals surface area contributed by atoms with Crippen LogP contribution in [0.2, 0.25) is 0 Å². The lowest BCUT2D eigenvalue weighted by Gasteiger charge is -2.18. The average Bonchev–Trinajstić information content (AvgIpc) is 2.62. The highest BCUT2D eigenvalue weighted by Crippen LogP contribution is 2.19. The van der Waals surface area contributed by atoms with E-state index in [0.717, 1.165) is 0 Å². The van der Waals surface area contributed by atoms with Crippen LogP contribution < -0.4 is 16.4 Å². The van der Waals surface area contributed by atoms with Gasteiger partial charge in [-0.05, 0) is 11.5 Å². The molecule has 1 aromatic rings. The van der Waals surface area contributed by atoms with Crippen LogP contribution in [0.4, 0.5) is 0 Å². The van der Waals surface area contributed by atoms with Crippen molar-refractivity contribution in [2.45, 2.75) is 32.2 Å². The topological polar surface area (TPSA) is 50.1 Å². The summed E-state index contributed by atoms with van der Waals surface area (Å²) in [5.41, 5.74) is 7.28. The summed E-state index contributed by atoms with van der Waals surface area (Å²) in [4.78, 5) is 0. The maximum atomic E-state index is 6.03. The molecular formula is C12H19N3. The van der Waals surface area contributed by atoms with Gasteiger partial charge in [0.25, 0.3) is 0 Å². The normalized spacial score (nSPS) is 31.1. The fraction of sp³-hybridized carbons (Fsp3) is 0.500. The molecule has 0 aliphatic carbocycles. The lowest BCUT2D eigenvalue weighted by Crippen LogP contribution is -2.44. The minimum Gasteiger partial charge on any atom is -0.315 e. The summed E-state index contributed by atoms with van der Waals surface area (Å²) in [5, 5.41) is 6.89. The molecule has 4 N–H and O–H groups in total. The predicted molar refractivity (Wildman–Crippen MR) is 62.1 cm³/mol. The van der Waals surface area contributed by atoms with E-state index in [0.29, 0.717) is 12.0 Å². The molecule has 1 aliphatic heterocycles. The maximum Gasteiger partial charge on any atom is 0.0851 e. The van der Waals surface area contributed by atoms with Crippen LogP contribution in [0.15, 0.2) is 30.3 Å². The molecule has 0 aromatic heterocycles. The van der Waals surface area contributed by atoms with E-state index in [9.17, 15) is 0 Å². The first-order valence-corrected chi connectivity index (χ1v) is 5.51. The van der Waals surface area contributed by atoms with Gasteiger partial charge in [0.1, 0.15) is 0 Å². The molecule has 1 heterocycles. The van der Waals surface area contributed by atoms with Crippen molar-refractivity contribution in [1.29, 1.82) is 0 Å². The second-order valence-corrected chi connectivity index (χ2v) is 4.47. The van der Waals surface area contributed by atoms with Crippen LogP contribution in [-0.2, 0) is 0 Å². The van der Waals surface area contributed by atoms with Crippen LogP contribution in [0.1, 0.15) is 25.6 Å². The fourth-order valence-electron chi connectivity index (χ4n) is 2.09. The lowest BCUT2D eigenvalue weighted by atomic mass is 10.0. The highest BCUT2D eigenvalue weighted by atomic mass is 15.3. The first-order chi connectivity index (χ1) is 7.18. The van der Waals surface area contributed by atoms with Crippen LogP contribution >= 0.6 is 0 Å². The van der Waals surface area contributed by atoms with Gasteiger partial charge in [0.2, 0.25) is 0 Å². The molecule has 82 valence electrons. The van der Waals surface area contributed by atoms with Gasteiger partial charge in [0.05, 0.1) is 12.3 Å². The molecule has 3 nitrogen and oxygen atoms in total. The Morgan fingerprint density at radius 2 is 1.80 bits per heavy atom. The highest BCUT2D eigenvalue weighted by Gasteiger charge is 2.32. The summed E-state index contributed by atoms with van der Waals surface area (Å²) in [6.45, 7) is 4.37. The molecule has 0 spiro atoms. The number of nitrogens with two attached hydrogens (primary N) is 1. The summed E-state index contributed by atoms with van der Waals surface area (Å²) in [5.74, 6) is 0.543. The minimum atomic E-state index is 0.0372. The SMILES string of the molecule is CC(C)C1N[C@H](c2ccccc2)N[C@H]1N. The van der Waals surface area contributed by atoms with Gasteiger partial charge in [0, 0.05) is 6.04 Å². The molecule has 0 saturated carbocycles. The Kier molecular flexibility index (Phi) is 3.05. The van der Waals surface area contributed by atoms with Crippen molar-refractivity contribution in [2.75, 3.05) is 0 Å². The summed E-state index contributed by atoms with van der Waals surface area (Å²) in [7, 11) is 0. The lowest BCUT2D eigenvalue weighted by molar-refractivity contribution is 0.402. The second kappa shape index (κ2) is 4.31. The van der Waals surface area contributed by atoms with Crippen LogP contribution in [0, 0.1) is 5.92 Å². The molecule has 3 atom stereocenters. The fourth-order valence-corrected chi connectivity index (χ4v) is 2.09. The Labute approximate surface area is 91.1 Å². The zero-order valence-electron chi connectivity index (χ0n) is 9.27. The molecule has 0 radical (unpaired) electrons. The summed E-state index contributed by atoms with van der Waals surface area (Å²) >= 11 is 0. The van der Waals surface area contributed by atoms with E-state index in [1.165, 1.54) is 5.56 Å². The van der Waals surface area contributed by atoms with Crippen molar-refractivity contribution < 1.29 is 0 Å². The van der Waals surface area contributed by atoms with Crippen molar-refractivity contribution in [2.24, 2.45) is 11.7 Å². The molecule has 15 heavy (non-hydrogen) atoms. The van der Waals surface area contributed by atoms with E-state index in [1.807, 2.05) is 18.2 Å². The van der Waals surface area contributed by atoms with Crippen LogP contribution in [0.25, 0.3) is 0 Å². The van der Waals surface area contributed by atoms with Gasteiger partial charge in [-0.25, -0.2) is 0 Å². The smallest absolute Gasteiger partial charge is 0.0851 e. The molecule has 1 saturated heterocycles. The van der Waals surface area contributed by atoms with E-state index >= 15 is 0 Å². The van der Waals surface area contributed by atoms with E-state index in [1.54, 1.807) is 0 Å². The molecule has 3 heteroatoms. The Morgan fingerprint density at radius 1 is 1.13 bits per heavy atom. The summed E-state index contributed by atoms with van der Waals surface area (Å²) < 4.78 is 0. The Hall–Kier alpha value is -0.900. The molecule has 1 aliphatic rings. The van der Waals surface area contributed by atoms with Crippen molar-refractivity contribution >= 4 is 0 Å². The predicted octanol–water partition coefficient (Wildman–Crippen LogP) is 1.19. The van der Waals surface area contributed by atoms with Gasteiger partial charge >= 0.3 is 0 Å². The third-order valence-corrected chi connectivity index (χ3v) is 2.96. The third-order valence-electron chi connectivity index (χ3n) is 2.96. The van der Waals surface area contributed by atoms with Crippen molar-refractivity contribution in [1.82, 2.24) is 10.6 Å². The number of benzene rings is 1. The Morgan fingerprint density at radius 3 is 2.33 bits per heavy atom. The largest absolute Gasteiger partial charge is 0.315 e. The van der Waals surface area contributed by atoms with Crippen LogP contribution in [0.3, 0.4) is 0 Å². The zero-order valence-corrected chi connectivity index (χ0v) is 9.27. The molecule has 1 unspecified atom stereocenters. The third kappa shape index (κ3) is 2.20. The molecule has 2 rings (SSSR count). The molecular weight excluding hydrogens is 186 g/mol. The number of hydrogen-bond acceptors (Lipinski definition) is 3. The van der Waals surface area contributed by atoms with Crippen molar-refractivity contribution in [3.8, 4) is 0 Å². The zero-order chi connectivity index (χ0) is 10.8. The van der Waals surface area contributed by atoms with Gasteiger partial charge in [-0.1, -0.05) is 44.2 Å².